The third kappa shape index (κ3) is 4.87. The number of anilines is 1. The van der Waals surface area contributed by atoms with Crippen molar-refractivity contribution in [3.8, 4) is 22.9 Å². The quantitative estimate of drug-likeness (QED) is 0.567. The van der Waals surface area contributed by atoms with E-state index in [2.05, 4.69) is 15.5 Å². The molecule has 0 atom stereocenters. The Balaban J connectivity index is 1.33. The molecule has 0 unspecified atom stereocenters. The van der Waals surface area contributed by atoms with Crippen molar-refractivity contribution in [1.82, 2.24) is 15.5 Å². The Morgan fingerprint density at radius 1 is 1.22 bits per heavy atom. The van der Waals surface area contributed by atoms with Crippen LogP contribution in [0.3, 0.4) is 0 Å². The monoisotopic (exact) mass is 440 g/mol. The minimum absolute atomic E-state index is 0.0416. The van der Waals surface area contributed by atoms with Gasteiger partial charge in [-0.1, -0.05) is 5.16 Å². The first-order valence-corrected chi connectivity index (χ1v) is 10.8. The number of furan rings is 1. The lowest BCUT2D eigenvalue weighted by Gasteiger charge is -2.29. The number of nitrogens with one attached hydrogen (secondary N) is 1. The van der Waals surface area contributed by atoms with Crippen LogP contribution in [0.5, 0.6) is 11.5 Å². The number of piperidine rings is 1. The zero-order valence-electron chi connectivity index (χ0n) is 18.6. The number of rotatable bonds is 8. The third-order valence-electron chi connectivity index (χ3n) is 5.51. The van der Waals surface area contributed by atoms with Gasteiger partial charge in [0.25, 0.3) is 0 Å². The number of ether oxygens (including phenoxy) is 2. The second-order valence-electron chi connectivity index (χ2n) is 7.69. The lowest BCUT2D eigenvalue weighted by molar-refractivity contribution is -0.125. The van der Waals surface area contributed by atoms with Crippen LogP contribution in [0.25, 0.3) is 11.4 Å². The summed E-state index contributed by atoms with van der Waals surface area (Å²) in [5, 5.41) is 7.08. The van der Waals surface area contributed by atoms with Crippen LogP contribution in [-0.2, 0) is 11.3 Å². The molecule has 3 heterocycles. The fraction of sp³-hybridized carbons (Fsp3) is 0.435. The van der Waals surface area contributed by atoms with E-state index < -0.39 is 0 Å². The minimum Gasteiger partial charge on any atom is -0.493 e. The van der Waals surface area contributed by atoms with Crippen LogP contribution in [0, 0.1) is 12.8 Å². The highest BCUT2D eigenvalue weighted by Crippen LogP contribution is 2.32. The molecule has 1 aliphatic rings. The average Bonchev–Trinajstić information content (AvgIpc) is 3.47. The van der Waals surface area contributed by atoms with Crippen molar-refractivity contribution in [2.75, 3.05) is 31.7 Å². The number of hydrogen-bond donors (Lipinski definition) is 1. The normalized spacial score (nSPS) is 14.4. The van der Waals surface area contributed by atoms with Crippen LogP contribution in [0.2, 0.25) is 0 Å². The van der Waals surface area contributed by atoms with Crippen molar-refractivity contribution in [3.05, 3.63) is 41.9 Å². The van der Waals surface area contributed by atoms with E-state index in [-0.39, 0.29) is 11.8 Å². The number of methoxy groups -OCH3 is 1. The number of benzene rings is 1. The Morgan fingerprint density at radius 2 is 2.03 bits per heavy atom. The van der Waals surface area contributed by atoms with E-state index in [0.29, 0.717) is 49.6 Å². The summed E-state index contributed by atoms with van der Waals surface area (Å²) in [5.74, 6) is 3.38. The Kier molecular flexibility index (Phi) is 6.63. The summed E-state index contributed by atoms with van der Waals surface area (Å²) >= 11 is 0. The lowest BCUT2D eigenvalue weighted by Crippen LogP contribution is -2.40. The molecule has 0 saturated carbocycles. The van der Waals surface area contributed by atoms with E-state index in [9.17, 15) is 4.79 Å². The molecule has 0 spiro atoms. The standard InChI is InChI=1S/C23H28N4O5/c1-4-30-19-8-6-17(13-20(19)29-3)21-25-23(32-26-21)27-11-9-16(10-12-27)22(28)24-14-18-7-5-15(2)31-18/h5-8,13,16H,4,9-12,14H2,1-3H3,(H,24,28). The fourth-order valence-electron chi connectivity index (χ4n) is 3.77. The van der Waals surface area contributed by atoms with Gasteiger partial charge in [0.05, 0.1) is 20.3 Å². The molecule has 4 rings (SSSR count). The third-order valence-corrected chi connectivity index (χ3v) is 5.51. The van der Waals surface area contributed by atoms with Crippen LogP contribution in [0.1, 0.15) is 31.3 Å². The highest BCUT2D eigenvalue weighted by molar-refractivity contribution is 5.78. The first-order chi connectivity index (χ1) is 15.6. The highest BCUT2D eigenvalue weighted by atomic mass is 16.5. The second-order valence-corrected chi connectivity index (χ2v) is 7.69. The van der Waals surface area contributed by atoms with E-state index in [0.717, 1.165) is 29.9 Å². The number of carbonyl (C=O) groups is 1. The Labute approximate surface area is 186 Å². The van der Waals surface area contributed by atoms with E-state index in [1.54, 1.807) is 7.11 Å². The fourth-order valence-corrected chi connectivity index (χ4v) is 3.77. The summed E-state index contributed by atoms with van der Waals surface area (Å²) < 4.78 is 22.0. The maximum atomic E-state index is 12.5. The topological polar surface area (TPSA) is 103 Å². The smallest absolute Gasteiger partial charge is 0.324 e. The van der Waals surface area contributed by atoms with Crippen molar-refractivity contribution in [2.45, 2.75) is 33.2 Å². The van der Waals surface area contributed by atoms with Crippen molar-refractivity contribution in [2.24, 2.45) is 5.92 Å². The van der Waals surface area contributed by atoms with Gasteiger partial charge in [-0.15, -0.1) is 0 Å². The zero-order valence-corrected chi connectivity index (χ0v) is 18.6. The van der Waals surface area contributed by atoms with E-state index in [1.807, 2.05) is 49.1 Å². The van der Waals surface area contributed by atoms with Gasteiger partial charge in [0, 0.05) is 24.6 Å². The van der Waals surface area contributed by atoms with Gasteiger partial charge in [0.1, 0.15) is 11.5 Å². The molecule has 0 bridgehead atoms. The Hall–Kier alpha value is -3.49. The number of aromatic nitrogens is 2. The summed E-state index contributed by atoms with van der Waals surface area (Å²) in [7, 11) is 1.60. The van der Waals surface area contributed by atoms with Crippen LogP contribution < -0.4 is 19.7 Å². The molecule has 3 aromatic rings. The molecule has 1 N–H and O–H groups in total. The number of amides is 1. The molecule has 9 nitrogen and oxygen atoms in total. The summed E-state index contributed by atoms with van der Waals surface area (Å²) in [4.78, 5) is 19.1. The van der Waals surface area contributed by atoms with Gasteiger partial charge in [-0.2, -0.15) is 4.98 Å². The lowest BCUT2D eigenvalue weighted by atomic mass is 9.96. The van der Waals surface area contributed by atoms with Gasteiger partial charge >= 0.3 is 6.01 Å². The van der Waals surface area contributed by atoms with Gasteiger partial charge in [0.15, 0.2) is 11.5 Å². The second kappa shape index (κ2) is 9.76. The number of nitrogens with zero attached hydrogens (tertiary/aromatic N) is 3. The van der Waals surface area contributed by atoms with Gasteiger partial charge in [-0.25, -0.2) is 0 Å². The Morgan fingerprint density at radius 3 is 2.72 bits per heavy atom. The molecule has 170 valence electrons. The molecule has 1 aromatic carbocycles. The average molecular weight is 441 g/mol. The van der Waals surface area contributed by atoms with Crippen molar-refractivity contribution in [3.63, 3.8) is 0 Å². The van der Waals surface area contributed by atoms with Gasteiger partial charge in [-0.05, 0) is 57.0 Å². The molecule has 1 amide bonds. The largest absolute Gasteiger partial charge is 0.493 e. The molecule has 0 aliphatic carbocycles. The SMILES string of the molecule is CCOc1ccc(-c2noc(N3CCC(C(=O)NCc4ccc(C)o4)CC3)n2)cc1OC. The summed E-state index contributed by atoms with van der Waals surface area (Å²) in [6, 6.07) is 9.77. The van der Waals surface area contributed by atoms with E-state index in [4.69, 9.17) is 18.4 Å². The molecule has 9 heteroatoms. The zero-order chi connectivity index (χ0) is 22.5. The number of aryl methyl sites for hydroxylation is 1. The van der Waals surface area contributed by atoms with E-state index in [1.165, 1.54) is 0 Å². The maximum Gasteiger partial charge on any atom is 0.324 e. The number of hydrogen-bond acceptors (Lipinski definition) is 8. The molecule has 0 radical (unpaired) electrons. The molecular formula is C23H28N4O5. The van der Waals surface area contributed by atoms with Crippen LogP contribution >= 0.6 is 0 Å². The summed E-state index contributed by atoms with van der Waals surface area (Å²) in [5.41, 5.74) is 0.780. The molecule has 1 saturated heterocycles. The summed E-state index contributed by atoms with van der Waals surface area (Å²) in [6.45, 7) is 6.12. The van der Waals surface area contributed by atoms with Gasteiger partial charge in [-0.3, -0.25) is 4.79 Å². The van der Waals surface area contributed by atoms with Crippen LogP contribution in [0.15, 0.2) is 39.3 Å². The predicted octanol–water partition coefficient (Wildman–Crippen LogP) is 3.58. The molecular weight excluding hydrogens is 412 g/mol. The molecule has 32 heavy (non-hydrogen) atoms. The molecule has 2 aromatic heterocycles. The first-order valence-electron chi connectivity index (χ1n) is 10.8. The Bertz CT molecular complexity index is 1050. The highest BCUT2D eigenvalue weighted by Gasteiger charge is 2.27. The van der Waals surface area contributed by atoms with Crippen LogP contribution in [0.4, 0.5) is 6.01 Å². The maximum absolute atomic E-state index is 12.5. The predicted molar refractivity (Wildman–Crippen MR) is 118 cm³/mol. The van der Waals surface area contributed by atoms with E-state index >= 15 is 0 Å². The van der Waals surface area contributed by atoms with Gasteiger partial charge in [0.2, 0.25) is 11.7 Å². The minimum atomic E-state index is -0.0416. The first kappa shape index (κ1) is 21.7. The van der Waals surface area contributed by atoms with Crippen molar-refractivity contribution >= 4 is 11.9 Å². The van der Waals surface area contributed by atoms with Crippen molar-refractivity contribution in [1.29, 1.82) is 0 Å². The van der Waals surface area contributed by atoms with Gasteiger partial charge < -0.3 is 28.6 Å². The molecule has 1 fully saturated rings. The summed E-state index contributed by atoms with van der Waals surface area (Å²) in [6.07, 6.45) is 1.44. The van der Waals surface area contributed by atoms with Crippen molar-refractivity contribution < 1.29 is 23.2 Å². The molecule has 1 aliphatic heterocycles. The number of carbonyl (C=O) groups excluding carboxylic acids is 1. The van der Waals surface area contributed by atoms with Crippen LogP contribution in [-0.4, -0.2) is 42.9 Å².